The van der Waals surface area contributed by atoms with Crippen LogP contribution in [0.25, 0.3) is 4.96 Å². The van der Waals surface area contributed by atoms with Crippen molar-refractivity contribution in [3.05, 3.63) is 91.5 Å². The van der Waals surface area contributed by atoms with E-state index in [0.29, 0.717) is 15.5 Å². The Balaban J connectivity index is 1.56. The maximum atomic E-state index is 12.6. The van der Waals surface area contributed by atoms with Gasteiger partial charge in [-0.2, -0.15) is 0 Å². The van der Waals surface area contributed by atoms with E-state index in [9.17, 15) is 14.4 Å². The van der Waals surface area contributed by atoms with Gasteiger partial charge in [-0.15, -0.1) is 22.7 Å². The van der Waals surface area contributed by atoms with Crippen LogP contribution in [0.3, 0.4) is 0 Å². The van der Waals surface area contributed by atoms with Crippen molar-refractivity contribution in [3.8, 4) is 0 Å². The van der Waals surface area contributed by atoms with Crippen molar-refractivity contribution in [2.24, 2.45) is 0 Å². The number of thiazole rings is 1. The molecule has 3 aromatic heterocycles. The normalized spacial score (nSPS) is 10.8. The van der Waals surface area contributed by atoms with Crippen LogP contribution >= 0.6 is 22.7 Å². The van der Waals surface area contributed by atoms with Crippen molar-refractivity contribution >= 4 is 39.4 Å². The molecular formula is C19H12N2O4S2. The number of nitrogens with zero attached hydrogens (tertiary/aromatic N) is 2. The molecule has 3 heterocycles. The molecular weight excluding hydrogens is 384 g/mol. The number of hydrogen-bond donors (Lipinski definition) is 0. The van der Waals surface area contributed by atoms with E-state index in [4.69, 9.17) is 4.74 Å². The molecule has 0 aliphatic carbocycles. The van der Waals surface area contributed by atoms with Gasteiger partial charge in [-0.25, -0.2) is 9.78 Å². The quantitative estimate of drug-likeness (QED) is 0.382. The van der Waals surface area contributed by atoms with Crippen LogP contribution in [0, 0.1) is 0 Å². The first-order chi connectivity index (χ1) is 13.1. The molecule has 0 unspecified atom stereocenters. The molecule has 0 bridgehead atoms. The van der Waals surface area contributed by atoms with E-state index in [1.807, 2.05) is 0 Å². The van der Waals surface area contributed by atoms with Crippen molar-refractivity contribution in [1.82, 2.24) is 9.38 Å². The molecule has 0 saturated heterocycles. The van der Waals surface area contributed by atoms with Crippen molar-refractivity contribution in [3.63, 3.8) is 0 Å². The number of fused-ring (bicyclic) bond motifs is 1. The minimum Gasteiger partial charge on any atom is -0.456 e. The molecule has 27 heavy (non-hydrogen) atoms. The summed E-state index contributed by atoms with van der Waals surface area (Å²) in [4.78, 5) is 42.5. The zero-order valence-corrected chi connectivity index (χ0v) is 15.5. The third-order valence-corrected chi connectivity index (χ3v) is 5.47. The number of rotatable bonds is 5. The fourth-order valence-electron chi connectivity index (χ4n) is 2.58. The van der Waals surface area contributed by atoms with Crippen molar-refractivity contribution in [2.45, 2.75) is 6.61 Å². The average Bonchev–Trinajstić information content (AvgIpc) is 3.37. The summed E-state index contributed by atoms with van der Waals surface area (Å²) < 4.78 is 6.73. The van der Waals surface area contributed by atoms with Crippen molar-refractivity contribution < 1.29 is 14.3 Å². The molecule has 0 fully saturated rings. The van der Waals surface area contributed by atoms with Gasteiger partial charge in [0.05, 0.1) is 16.1 Å². The van der Waals surface area contributed by atoms with Crippen LogP contribution in [0.2, 0.25) is 0 Å². The Morgan fingerprint density at radius 3 is 2.63 bits per heavy atom. The average molecular weight is 396 g/mol. The number of thiophene rings is 1. The molecule has 6 nitrogen and oxygen atoms in total. The first-order valence-electron chi connectivity index (χ1n) is 7.93. The summed E-state index contributed by atoms with van der Waals surface area (Å²) in [5.74, 6) is -0.863. The van der Waals surface area contributed by atoms with E-state index in [-0.39, 0.29) is 29.1 Å². The SMILES string of the molecule is O=C(OCc1cc(=O)n2ccsc2n1)c1ccccc1C(=O)c1cccs1. The number of aromatic nitrogens is 2. The summed E-state index contributed by atoms with van der Waals surface area (Å²) in [5, 5.41) is 3.56. The molecule has 134 valence electrons. The Kier molecular flexibility index (Phi) is 4.66. The number of ether oxygens (including phenoxy) is 1. The number of esters is 1. The number of hydrogen-bond acceptors (Lipinski definition) is 7. The summed E-state index contributed by atoms with van der Waals surface area (Å²) in [6.45, 7) is -0.149. The van der Waals surface area contributed by atoms with E-state index in [1.165, 1.54) is 33.1 Å². The Morgan fingerprint density at radius 1 is 1.04 bits per heavy atom. The number of carbonyl (C=O) groups is 2. The van der Waals surface area contributed by atoms with Gasteiger partial charge in [0, 0.05) is 23.2 Å². The zero-order chi connectivity index (χ0) is 18.8. The molecule has 0 N–H and O–H groups in total. The minimum atomic E-state index is -0.635. The second kappa shape index (κ2) is 7.26. The Hall–Kier alpha value is -3.10. The van der Waals surface area contributed by atoms with Crippen LogP contribution in [0.4, 0.5) is 0 Å². The van der Waals surface area contributed by atoms with Gasteiger partial charge in [0.1, 0.15) is 6.61 Å². The molecule has 4 rings (SSSR count). The molecule has 0 atom stereocenters. The third-order valence-electron chi connectivity index (χ3n) is 3.84. The minimum absolute atomic E-state index is 0.149. The topological polar surface area (TPSA) is 77.7 Å². The van der Waals surface area contributed by atoms with Gasteiger partial charge in [-0.1, -0.05) is 24.3 Å². The highest BCUT2D eigenvalue weighted by molar-refractivity contribution is 7.15. The highest BCUT2D eigenvalue weighted by Crippen LogP contribution is 2.19. The van der Waals surface area contributed by atoms with Gasteiger partial charge in [0.25, 0.3) is 5.56 Å². The Labute approximate surface area is 161 Å². The lowest BCUT2D eigenvalue weighted by atomic mass is 10.0. The Morgan fingerprint density at radius 2 is 1.85 bits per heavy atom. The number of ketones is 1. The molecule has 0 aliphatic heterocycles. The van der Waals surface area contributed by atoms with E-state index in [0.717, 1.165) is 0 Å². The van der Waals surface area contributed by atoms with Gasteiger partial charge in [-0.05, 0) is 17.5 Å². The van der Waals surface area contributed by atoms with Crippen LogP contribution in [0.1, 0.15) is 31.3 Å². The van der Waals surface area contributed by atoms with Crippen molar-refractivity contribution in [1.29, 1.82) is 0 Å². The Bertz CT molecular complexity index is 1190. The molecule has 0 aliphatic rings. The van der Waals surface area contributed by atoms with Gasteiger partial charge < -0.3 is 4.74 Å². The molecule has 0 radical (unpaired) electrons. The molecule has 0 spiro atoms. The predicted octanol–water partition coefficient (Wildman–Crippen LogP) is 3.41. The van der Waals surface area contributed by atoms with E-state index >= 15 is 0 Å². The van der Waals surface area contributed by atoms with Crippen LogP contribution in [0.5, 0.6) is 0 Å². The monoisotopic (exact) mass is 396 g/mol. The smallest absolute Gasteiger partial charge is 0.339 e. The van der Waals surface area contributed by atoms with E-state index in [1.54, 1.807) is 53.4 Å². The van der Waals surface area contributed by atoms with Gasteiger partial charge in [0.2, 0.25) is 5.78 Å². The third kappa shape index (κ3) is 3.44. The second-order valence-electron chi connectivity index (χ2n) is 5.57. The zero-order valence-electron chi connectivity index (χ0n) is 13.8. The first-order valence-corrected chi connectivity index (χ1v) is 9.69. The van der Waals surface area contributed by atoms with Crippen LogP contribution < -0.4 is 5.56 Å². The summed E-state index contributed by atoms with van der Waals surface area (Å²) >= 11 is 2.63. The maximum Gasteiger partial charge on any atom is 0.339 e. The van der Waals surface area contributed by atoms with Crippen LogP contribution in [-0.4, -0.2) is 21.1 Å². The first kappa shape index (κ1) is 17.3. The molecule has 4 aromatic rings. The summed E-state index contributed by atoms with van der Waals surface area (Å²) in [6.07, 6.45) is 1.64. The molecule has 1 aromatic carbocycles. The standard InChI is InChI=1S/C19H12N2O4S2/c22-16-10-12(20-19-21(16)7-9-27-19)11-25-18(24)14-5-2-1-4-13(14)17(23)15-6-3-8-26-15/h1-10H,11H2. The largest absolute Gasteiger partial charge is 0.456 e. The second-order valence-corrected chi connectivity index (χ2v) is 7.39. The molecule has 0 amide bonds. The lowest BCUT2D eigenvalue weighted by Gasteiger charge is -2.08. The maximum absolute atomic E-state index is 12.6. The van der Waals surface area contributed by atoms with E-state index < -0.39 is 5.97 Å². The highest BCUT2D eigenvalue weighted by Gasteiger charge is 2.20. The lowest BCUT2D eigenvalue weighted by molar-refractivity contribution is 0.0465. The fourth-order valence-corrected chi connectivity index (χ4v) is 4.00. The fraction of sp³-hybridized carbons (Fsp3) is 0.0526. The van der Waals surface area contributed by atoms with Crippen LogP contribution in [0.15, 0.2) is 64.2 Å². The number of carbonyl (C=O) groups excluding carboxylic acids is 2. The molecule has 8 heteroatoms. The summed E-state index contributed by atoms with van der Waals surface area (Å²) in [7, 11) is 0. The van der Waals surface area contributed by atoms with E-state index in [2.05, 4.69) is 4.98 Å². The molecule has 0 saturated carbocycles. The highest BCUT2D eigenvalue weighted by atomic mass is 32.1. The summed E-state index contributed by atoms with van der Waals surface area (Å²) in [6, 6.07) is 11.3. The van der Waals surface area contributed by atoms with Gasteiger partial charge >= 0.3 is 5.97 Å². The van der Waals surface area contributed by atoms with Gasteiger partial charge in [-0.3, -0.25) is 14.0 Å². The lowest BCUT2D eigenvalue weighted by Crippen LogP contribution is -2.16. The van der Waals surface area contributed by atoms with Crippen LogP contribution in [-0.2, 0) is 11.3 Å². The number of benzene rings is 1. The van der Waals surface area contributed by atoms with Gasteiger partial charge in [0.15, 0.2) is 4.96 Å². The summed E-state index contributed by atoms with van der Waals surface area (Å²) in [5.41, 5.74) is 0.593. The van der Waals surface area contributed by atoms with Crippen molar-refractivity contribution in [2.75, 3.05) is 0 Å². The predicted molar refractivity (Wildman–Crippen MR) is 103 cm³/mol.